The molecular formula is C23H31N7O4S2. The van der Waals surface area contributed by atoms with Gasteiger partial charge in [-0.1, -0.05) is 13.0 Å². The number of hydrogen-bond acceptors (Lipinski definition) is 9. The van der Waals surface area contributed by atoms with Crippen molar-refractivity contribution in [2.24, 2.45) is 0 Å². The van der Waals surface area contributed by atoms with Crippen molar-refractivity contribution in [2.75, 3.05) is 11.9 Å². The number of amides is 1. The maximum Gasteiger partial charge on any atom is 0.407 e. The number of alkyl carbamates (subject to hydrolysis) is 1. The second-order valence-corrected chi connectivity index (χ2v) is 11.7. The van der Waals surface area contributed by atoms with Crippen molar-refractivity contribution in [3.63, 3.8) is 0 Å². The molecule has 1 aliphatic carbocycles. The van der Waals surface area contributed by atoms with Gasteiger partial charge in [-0.2, -0.15) is 10.3 Å². The first-order valence-electron chi connectivity index (χ1n) is 11.9. The summed E-state index contributed by atoms with van der Waals surface area (Å²) in [6.07, 6.45) is 6.20. The monoisotopic (exact) mass is 533 g/mol. The van der Waals surface area contributed by atoms with E-state index in [1.165, 1.54) is 17.5 Å². The lowest BCUT2D eigenvalue weighted by Crippen LogP contribution is -2.38. The Balaban J connectivity index is 1.51. The number of aromatic nitrogens is 4. The number of H-pyrrole nitrogens is 1. The van der Waals surface area contributed by atoms with E-state index in [0.717, 1.165) is 35.6 Å². The van der Waals surface area contributed by atoms with Crippen LogP contribution in [0.5, 0.6) is 0 Å². The molecule has 1 aliphatic rings. The van der Waals surface area contributed by atoms with Crippen molar-refractivity contribution in [3.05, 3.63) is 35.6 Å². The normalized spacial score (nSPS) is 18.2. The van der Waals surface area contributed by atoms with Crippen LogP contribution >= 0.6 is 11.3 Å². The molecule has 1 fully saturated rings. The zero-order valence-electron chi connectivity index (χ0n) is 20.4. The fourth-order valence-electron chi connectivity index (χ4n) is 4.20. The molecule has 2 heterocycles. The summed E-state index contributed by atoms with van der Waals surface area (Å²) in [7, 11) is -3.74. The van der Waals surface area contributed by atoms with Crippen molar-refractivity contribution < 1.29 is 17.9 Å². The van der Waals surface area contributed by atoms with Gasteiger partial charge in [0.2, 0.25) is 10.0 Å². The number of ether oxygens (including phenoxy) is 1. The highest BCUT2D eigenvalue weighted by Gasteiger charge is 2.27. The van der Waals surface area contributed by atoms with Crippen molar-refractivity contribution >= 4 is 39.0 Å². The molecule has 1 saturated carbocycles. The molecule has 4 N–H and O–H groups in total. The van der Waals surface area contributed by atoms with E-state index < -0.39 is 10.0 Å². The summed E-state index contributed by atoms with van der Waals surface area (Å²) in [6, 6.07) is 5.27. The van der Waals surface area contributed by atoms with E-state index in [1.807, 2.05) is 19.9 Å². The number of benzene rings is 1. The maximum atomic E-state index is 13.0. The number of nitrogens with one attached hydrogen (secondary N) is 4. The molecule has 0 unspecified atom stereocenters. The summed E-state index contributed by atoms with van der Waals surface area (Å²) in [4.78, 5) is 17.5. The molecule has 1 amide bonds. The van der Waals surface area contributed by atoms with Gasteiger partial charge in [0.25, 0.3) is 0 Å². The van der Waals surface area contributed by atoms with E-state index in [1.54, 1.807) is 25.3 Å². The molecule has 3 aromatic rings. The fourth-order valence-corrected chi connectivity index (χ4v) is 6.68. The molecule has 11 nitrogen and oxygen atoms in total. The van der Waals surface area contributed by atoms with Gasteiger partial charge in [0.1, 0.15) is 0 Å². The fraction of sp³-hybridized carbons (Fsp3) is 0.478. The standard InChI is InChI=1S/C23H31N7O4S2/c1-4-26-36(32,33)20-11-17(27-21-13-25-30-29-21)9-10-18(20)19-12-24-22(35-19)15-5-7-16(8-6-15)28-23(31)34-14(2)3/h9-16,26H,4-8H2,1-3H3,(H,28,31)(H2,25,27,29,30). The Morgan fingerprint density at radius 3 is 2.67 bits per heavy atom. The first kappa shape index (κ1) is 26.0. The molecular weight excluding hydrogens is 502 g/mol. The third kappa shape index (κ3) is 6.39. The van der Waals surface area contributed by atoms with Crippen LogP contribution in [0.25, 0.3) is 10.4 Å². The Morgan fingerprint density at radius 1 is 1.22 bits per heavy atom. The molecule has 194 valence electrons. The van der Waals surface area contributed by atoms with Gasteiger partial charge in [0, 0.05) is 36.0 Å². The van der Waals surface area contributed by atoms with Crippen molar-refractivity contribution in [1.82, 2.24) is 30.4 Å². The molecule has 2 aromatic heterocycles. The lowest BCUT2D eigenvalue weighted by atomic mass is 9.86. The number of anilines is 2. The van der Waals surface area contributed by atoms with Gasteiger partial charge < -0.3 is 15.4 Å². The minimum Gasteiger partial charge on any atom is -0.447 e. The second-order valence-electron chi connectivity index (χ2n) is 8.90. The zero-order chi connectivity index (χ0) is 25.7. The lowest BCUT2D eigenvalue weighted by molar-refractivity contribution is 0.109. The van der Waals surface area contributed by atoms with E-state index in [-0.39, 0.29) is 35.6 Å². The Bertz CT molecular complexity index is 1270. The molecule has 0 atom stereocenters. The minimum absolute atomic E-state index is 0.0913. The summed E-state index contributed by atoms with van der Waals surface area (Å²) >= 11 is 1.51. The van der Waals surface area contributed by atoms with Gasteiger partial charge in [-0.3, -0.25) is 0 Å². The number of carbonyl (C=O) groups is 1. The van der Waals surface area contributed by atoms with E-state index in [9.17, 15) is 13.2 Å². The van der Waals surface area contributed by atoms with Gasteiger partial charge in [0.05, 0.1) is 27.1 Å². The average molecular weight is 534 g/mol. The number of hydrogen-bond donors (Lipinski definition) is 4. The van der Waals surface area contributed by atoms with Crippen molar-refractivity contribution in [1.29, 1.82) is 0 Å². The van der Waals surface area contributed by atoms with Crippen LogP contribution < -0.4 is 15.4 Å². The van der Waals surface area contributed by atoms with Crippen LogP contribution in [0.4, 0.5) is 16.3 Å². The van der Waals surface area contributed by atoms with E-state index in [0.29, 0.717) is 17.1 Å². The number of carbonyl (C=O) groups excluding carboxylic acids is 1. The van der Waals surface area contributed by atoms with Crippen molar-refractivity contribution in [3.8, 4) is 10.4 Å². The average Bonchev–Trinajstić information content (AvgIpc) is 3.51. The zero-order valence-corrected chi connectivity index (χ0v) is 22.1. The van der Waals surface area contributed by atoms with Crippen LogP contribution in [0.3, 0.4) is 0 Å². The van der Waals surface area contributed by atoms with Gasteiger partial charge in [-0.15, -0.1) is 16.4 Å². The van der Waals surface area contributed by atoms with Crippen LogP contribution in [0.1, 0.15) is 57.4 Å². The first-order valence-corrected chi connectivity index (χ1v) is 14.2. The Labute approximate surface area is 214 Å². The molecule has 4 rings (SSSR count). The Hall–Kier alpha value is -3.03. The molecule has 13 heteroatoms. The minimum atomic E-state index is -3.74. The van der Waals surface area contributed by atoms with Gasteiger partial charge >= 0.3 is 6.09 Å². The van der Waals surface area contributed by atoms with Crippen molar-refractivity contribution in [2.45, 2.75) is 69.4 Å². The third-order valence-electron chi connectivity index (χ3n) is 5.82. The molecule has 0 saturated heterocycles. The predicted molar refractivity (Wildman–Crippen MR) is 138 cm³/mol. The quantitative estimate of drug-likeness (QED) is 0.320. The number of rotatable bonds is 9. The Morgan fingerprint density at radius 2 is 2.00 bits per heavy atom. The summed E-state index contributed by atoms with van der Waals surface area (Å²) < 4.78 is 33.9. The highest BCUT2D eigenvalue weighted by atomic mass is 32.2. The molecule has 1 aromatic carbocycles. The molecule has 0 radical (unpaired) electrons. The molecule has 0 spiro atoms. The predicted octanol–water partition coefficient (Wildman–Crippen LogP) is 4.13. The van der Waals surface area contributed by atoms with E-state index >= 15 is 0 Å². The number of thiazole rings is 1. The highest BCUT2D eigenvalue weighted by Crippen LogP contribution is 2.40. The van der Waals surface area contributed by atoms with Crippen LogP contribution in [-0.4, -0.2) is 53.6 Å². The molecule has 0 bridgehead atoms. The third-order valence-corrected chi connectivity index (χ3v) is 8.60. The SMILES string of the molecule is CCNS(=O)(=O)c1cc(Nc2cn[nH]n2)ccc1-c1cnc(C2CCC(NC(=O)OC(C)C)CC2)s1. The van der Waals surface area contributed by atoms with Crippen LogP contribution in [0.2, 0.25) is 0 Å². The van der Waals surface area contributed by atoms with Crippen LogP contribution in [0, 0.1) is 0 Å². The lowest BCUT2D eigenvalue weighted by Gasteiger charge is -2.28. The number of sulfonamides is 1. The smallest absolute Gasteiger partial charge is 0.407 e. The maximum absolute atomic E-state index is 13.0. The highest BCUT2D eigenvalue weighted by molar-refractivity contribution is 7.89. The summed E-state index contributed by atoms with van der Waals surface area (Å²) in [5.74, 6) is 0.752. The number of nitrogens with zero attached hydrogens (tertiary/aromatic N) is 3. The van der Waals surface area contributed by atoms with Crippen LogP contribution in [-0.2, 0) is 14.8 Å². The Kier molecular flexibility index (Phi) is 8.21. The molecule has 0 aliphatic heterocycles. The van der Waals surface area contributed by atoms with Crippen LogP contribution in [0.15, 0.2) is 35.5 Å². The largest absolute Gasteiger partial charge is 0.447 e. The van der Waals surface area contributed by atoms with Gasteiger partial charge in [-0.05, 0) is 51.7 Å². The van der Waals surface area contributed by atoms with Gasteiger partial charge in [0.15, 0.2) is 5.82 Å². The summed E-state index contributed by atoms with van der Waals surface area (Å²) in [5, 5.41) is 17.2. The number of aromatic amines is 1. The van der Waals surface area contributed by atoms with E-state index in [2.05, 4.69) is 35.8 Å². The summed E-state index contributed by atoms with van der Waals surface area (Å²) in [6.45, 7) is 5.67. The van der Waals surface area contributed by atoms with E-state index in [4.69, 9.17) is 4.74 Å². The van der Waals surface area contributed by atoms with Gasteiger partial charge in [-0.25, -0.2) is 22.9 Å². The molecule has 36 heavy (non-hydrogen) atoms. The first-order chi connectivity index (χ1) is 17.2. The second kappa shape index (κ2) is 11.4. The summed E-state index contributed by atoms with van der Waals surface area (Å²) in [5.41, 5.74) is 1.17. The topological polar surface area (TPSA) is 151 Å².